The highest BCUT2D eigenvalue weighted by atomic mass is 35.5. The summed E-state index contributed by atoms with van der Waals surface area (Å²) in [6.07, 6.45) is 3.13. The number of fused-ring (bicyclic) bond motifs is 1. The number of carbonyl (C=O) groups is 1. The van der Waals surface area contributed by atoms with Gasteiger partial charge in [0, 0.05) is 34.9 Å². The van der Waals surface area contributed by atoms with Crippen molar-refractivity contribution in [2.75, 3.05) is 11.4 Å². The maximum absolute atomic E-state index is 11.1. The fourth-order valence-corrected chi connectivity index (χ4v) is 3.28. The molecule has 2 heterocycles. The Kier molecular flexibility index (Phi) is 3.72. The van der Waals surface area contributed by atoms with Gasteiger partial charge >= 0.3 is 5.97 Å². The Balaban J connectivity index is 1.96. The largest absolute Gasteiger partial charge is 0.481 e. The third-order valence-electron chi connectivity index (χ3n) is 4.22. The van der Waals surface area contributed by atoms with E-state index in [0.717, 1.165) is 23.1 Å². The van der Waals surface area contributed by atoms with Crippen molar-refractivity contribution in [1.29, 1.82) is 0 Å². The monoisotopic (exact) mass is 304 g/mol. The van der Waals surface area contributed by atoms with Crippen LogP contribution in [0.1, 0.15) is 19.8 Å². The summed E-state index contributed by atoms with van der Waals surface area (Å²) in [7, 11) is 0. The number of halogens is 1. The molecule has 0 aliphatic carbocycles. The molecule has 1 aromatic heterocycles. The van der Waals surface area contributed by atoms with E-state index in [9.17, 15) is 9.90 Å². The van der Waals surface area contributed by atoms with Crippen molar-refractivity contribution in [3.63, 3.8) is 0 Å². The van der Waals surface area contributed by atoms with Gasteiger partial charge in [-0.2, -0.15) is 0 Å². The van der Waals surface area contributed by atoms with Crippen molar-refractivity contribution in [3.8, 4) is 0 Å². The number of benzene rings is 1. The molecule has 0 saturated carbocycles. The van der Waals surface area contributed by atoms with Crippen LogP contribution < -0.4 is 4.90 Å². The van der Waals surface area contributed by atoms with Crippen LogP contribution in [0, 0.1) is 5.92 Å². The number of aromatic nitrogens is 1. The molecule has 5 heteroatoms. The average Bonchev–Trinajstić information content (AvgIpc) is 2.46. The van der Waals surface area contributed by atoms with Crippen LogP contribution in [0.5, 0.6) is 0 Å². The lowest BCUT2D eigenvalue weighted by Gasteiger charge is -2.38. The summed E-state index contributed by atoms with van der Waals surface area (Å²) in [4.78, 5) is 17.8. The van der Waals surface area contributed by atoms with E-state index in [1.54, 1.807) is 6.20 Å². The van der Waals surface area contributed by atoms with Crippen molar-refractivity contribution in [2.24, 2.45) is 5.92 Å². The van der Waals surface area contributed by atoms with Gasteiger partial charge in [-0.25, -0.2) is 0 Å². The van der Waals surface area contributed by atoms with Crippen LogP contribution in [0.3, 0.4) is 0 Å². The normalized spacial score (nSPS) is 22.5. The number of carboxylic acid groups (broad SMARTS) is 1. The number of rotatable bonds is 2. The first-order valence-corrected chi connectivity index (χ1v) is 7.48. The molecule has 21 heavy (non-hydrogen) atoms. The van der Waals surface area contributed by atoms with Crippen molar-refractivity contribution in [2.45, 2.75) is 25.8 Å². The summed E-state index contributed by atoms with van der Waals surface area (Å²) in [5, 5.41) is 10.9. The maximum Gasteiger partial charge on any atom is 0.306 e. The number of hydrogen-bond donors (Lipinski definition) is 1. The van der Waals surface area contributed by atoms with E-state index in [2.05, 4.69) is 16.8 Å². The fourth-order valence-electron chi connectivity index (χ4n) is 3.11. The first-order chi connectivity index (χ1) is 10.1. The number of aliphatic carboxylic acids is 1. The van der Waals surface area contributed by atoms with Gasteiger partial charge in [0.25, 0.3) is 0 Å². The Morgan fingerprint density at radius 1 is 1.43 bits per heavy atom. The van der Waals surface area contributed by atoms with E-state index >= 15 is 0 Å². The molecule has 0 amide bonds. The lowest BCUT2D eigenvalue weighted by Crippen LogP contribution is -2.42. The van der Waals surface area contributed by atoms with Gasteiger partial charge < -0.3 is 10.0 Å². The molecule has 1 aliphatic heterocycles. The van der Waals surface area contributed by atoms with Gasteiger partial charge in [-0.1, -0.05) is 11.6 Å². The van der Waals surface area contributed by atoms with E-state index in [1.165, 1.54) is 0 Å². The van der Waals surface area contributed by atoms with Crippen LogP contribution in [0.4, 0.5) is 5.69 Å². The Morgan fingerprint density at radius 3 is 2.95 bits per heavy atom. The van der Waals surface area contributed by atoms with Gasteiger partial charge in [0.1, 0.15) is 0 Å². The van der Waals surface area contributed by atoms with Gasteiger partial charge in [0.15, 0.2) is 0 Å². The standard InChI is InChI=1S/C16H17ClN2O2/c1-10-8-11(16(20)21)5-7-19(10)15-4-6-18-14-9-12(17)2-3-13(14)15/h2-4,6,9-11H,5,7-8H2,1H3,(H,20,21). The van der Waals surface area contributed by atoms with Crippen molar-refractivity contribution in [3.05, 3.63) is 35.5 Å². The van der Waals surface area contributed by atoms with Crippen LogP contribution in [0.2, 0.25) is 5.02 Å². The second-order valence-corrected chi connectivity index (χ2v) is 6.03. The van der Waals surface area contributed by atoms with E-state index in [1.807, 2.05) is 24.3 Å². The van der Waals surface area contributed by atoms with Crippen molar-refractivity contribution in [1.82, 2.24) is 4.98 Å². The summed E-state index contributed by atoms with van der Waals surface area (Å²) in [6.45, 7) is 2.83. The predicted molar refractivity (Wildman–Crippen MR) is 83.9 cm³/mol. The summed E-state index contributed by atoms with van der Waals surface area (Å²) >= 11 is 6.02. The summed E-state index contributed by atoms with van der Waals surface area (Å²) < 4.78 is 0. The number of hydrogen-bond acceptors (Lipinski definition) is 3. The summed E-state index contributed by atoms with van der Waals surface area (Å²) in [5.41, 5.74) is 1.97. The van der Waals surface area contributed by atoms with Gasteiger partial charge in [-0.05, 0) is 44.0 Å². The quantitative estimate of drug-likeness (QED) is 0.921. The highest BCUT2D eigenvalue weighted by Gasteiger charge is 2.30. The molecule has 2 atom stereocenters. The van der Waals surface area contributed by atoms with Crippen LogP contribution in [0.15, 0.2) is 30.5 Å². The maximum atomic E-state index is 11.1. The molecular weight excluding hydrogens is 288 g/mol. The van der Waals surface area contributed by atoms with Crippen LogP contribution >= 0.6 is 11.6 Å². The molecule has 1 aliphatic rings. The smallest absolute Gasteiger partial charge is 0.306 e. The Labute approximate surface area is 128 Å². The number of pyridine rings is 1. The third kappa shape index (κ3) is 2.68. The average molecular weight is 305 g/mol. The summed E-state index contributed by atoms with van der Waals surface area (Å²) in [6, 6.07) is 7.89. The Hall–Kier alpha value is -1.81. The SMILES string of the molecule is CC1CC(C(=O)O)CCN1c1ccnc2cc(Cl)ccc12. The topological polar surface area (TPSA) is 53.4 Å². The fraction of sp³-hybridized carbons (Fsp3) is 0.375. The molecule has 110 valence electrons. The molecular formula is C16H17ClN2O2. The molecule has 1 aromatic carbocycles. The number of carboxylic acids is 1. The van der Waals surface area contributed by atoms with Crippen molar-refractivity contribution >= 4 is 34.2 Å². The molecule has 0 spiro atoms. The lowest BCUT2D eigenvalue weighted by atomic mass is 9.91. The van der Waals surface area contributed by atoms with E-state index < -0.39 is 5.97 Å². The lowest BCUT2D eigenvalue weighted by molar-refractivity contribution is -0.142. The molecule has 1 saturated heterocycles. The molecule has 0 radical (unpaired) electrons. The molecule has 1 N–H and O–H groups in total. The molecule has 0 bridgehead atoms. The number of piperidine rings is 1. The van der Waals surface area contributed by atoms with Gasteiger partial charge in [0.05, 0.1) is 11.4 Å². The third-order valence-corrected chi connectivity index (χ3v) is 4.45. The number of nitrogens with zero attached hydrogens (tertiary/aromatic N) is 2. The van der Waals surface area contributed by atoms with Crippen LogP contribution in [0.25, 0.3) is 10.9 Å². The van der Waals surface area contributed by atoms with E-state index in [4.69, 9.17) is 11.6 Å². The second-order valence-electron chi connectivity index (χ2n) is 5.59. The molecule has 3 rings (SSSR count). The zero-order chi connectivity index (χ0) is 15.0. The summed E-state index contributed by atoms with van der Waals surface area (Å²) in [5.74, 6) is -0.924. The molecule has 4 nitrogen and oxygen atoms in total. The van der Waals surface area contributed by atoms with Crippen LogP contribution in [-0.2, 0) is 4.79 Å². The zero-order valence-electron chi connectivity index (χ0n) is 11.8. The molecule has 2 aromatic rings. The predicted octanol–water partition coefficient (Wildman–Crippen LogP) is 3.58. The second kappa shape index (κ2) is 5.53. The highest BCUT2D eigenvalue weighted by molar-refractivity contribution is 6.31. The Morgan fingerprint density at radius 2 is 2.24 bits per heavy atom. The Bertz CT molecular complexity index is 689. The minimum absolute atomic E-state index is 0.195. The minimum Gasteiger partial charge on any atom is -0.481 e. The van der Waals surface area contributed by atoms with Crippen LogP contribution in [-0.4, -0.2) is 28.6 Å². The highest BCUT2D eigenvalue weighted by Crippen LogP contribution is 2.33. The first-order valence-electron chi connectivity index (χ1n) is 7.10. The minimum atomic E-state index is -0.687. The molecule has 1 fully saturated rings. The van der Waals surface area contributed by atoms with E-state index in [-0.39, 0.29) is 12.0 Å². The van der Waals surface area contributed by atoms with Gasteiger partial charge in [-0.15, -0.1) is 0 Å². The van der Waals surface area contributed by atoms with Gasteiger partial charge in [-0.3, -0.25) is 9.78 Å². The van der Waals surface area contributed by atoms with Gasteiger partial charge in [0.2, 0.25) is 0 Å². The molecule has 2 unspecified atom stereocenters. The van der Waals surface area contributed by atoms with Crippen molar-refractivity contribution < 1.29 is 9.90 Å². The first kappa shape index (κ1) is 14.1. The zero-order valence-corrected chi connectivity index (χ0v) is 12.5. The number of anilines is 1. The van der Waals surface area contributed by atoms with E-state index in [0.29, 0.717) is 17.9 Å².